The van der Waals surface area contributed by atoms with Gasteiger partial charge in [-0.2, -0.15) is 0 Å². The molecule has 1 aromatic carbocycles. The standard InChI is InChI=1S/C14H15BrOS/c1-9-6-7-17-14(9)13(15)12-5-4-11(16-3)8-10(12)2/h4-8,13H,1-3H3. The van der Waals surface area contributed by atoms with E-state index in [1.807, 2.05) is 6.07 Å². The predicted octanol–water partition coefficient (Wildman–Crippen LogP) is 4.86. The first-order valence-corrected chi connectivity index (χ1v) is 7.25. The fourth-order valence-electron chi connectivity index (χ4n) is 1.84. The Morgan fingerprint density at radius 1 is 1.18 bits per heavy atom. The molecule has 0 aliphatic heterocycles. The van der Waals surface area contributed by atoms with Crippen molar-refractivity contribution in [1.29, 1.82) is 0 Å². The van der Waals surface area contributed by atoms with Gasteiger partial charge in [0.2, 0.25) is 0 Å². The molecule has 0 saturated carbocycles. The van der Waals surface area contributed by atoms with Gasteiger partial charge in [-0.3, -0.25) is 0 Å². The van der Waals surface area contributed by atoms with Gasteiger partial charge < -0.3 is 4.74 Å². The van der Waals surface area contributed by atoms with Crippen LogP contribution in [0.1, 0.15) is 26.4 Å². The number of alkyl halides is 1. The summed E-state index contributed by atoms with van der Waals surface area (Å²) in [6.45, 7) is 4.27. The summed E-state index contributed by atoms with van der Waals surface area (Å²) in [5.74, 6) is 0.911. The van der Waals surface area contributed by atoms with Gasteiger partial charge in [-0.25, -0.2) is 0 Å². The lowest BCUT2D eigenvalue weighted by Gasteiger charge is -2.14. The highest BCUT2D eigenvalue weighted by Gasteiger charge is 2.16. The first-order chi connectivity index (χ1) is 8.13. The third-order valence-electron chi connectivity index (χ3n) is 2.88. The minimum Gasteiger partial charge on any atom is -0.497 e. The van der Waals surface area contributed by atoms with Crippen LogP contribution in [-0.2, 0) is 0 Å². The Morgan fingerprint density at radius 2 is 1.94 bits per heavy atom. The molecular weight excluding hydrogens is 296 g/mol. The normalized spacial score (nSPS) is 12.5. The van der Waals surface area contributed by atoms with Crippen LogP contribution in [0.15, 0.2) is 29.6 Å². The number of hydrogen-bond donors (Lipinski definition) is 0. The van der Waals surface area contributed by atoms with Gasteiger partial charge in [0.15, 0.2) is 0 Å². The maximum atomic E-state index is 5.23. The predicted molar refractivity (Wildman–Crippen MR) is 77.6 cm³/mol. The van der Waals surface area contributed by atoms with Crippen LogP contribution in [0.25, 0.3) is 0 Å². The van der Waals surface area contributed by atoms with E-state index < -0.39 is 0 Å². The summed E-state index contributed by atoms with van der Waals surface area (Å²) in [6.07, 6.45) is 0. The Morgan fingerprint density at radius 3 is 2.47 bits per heavy atom. The SMILES string of the molecule is COc1ccc(C(Br)c2sccc2C)c(C)c1. The van der Waals surface area contributed by atoms with Crippen LogP contribution in [0, 0.1) is 13.8 Å². The highest BCUT2D eigenvalue weighted by Crippen LogP contribution is 2.38. The first-order valence-electron chi connectivity index (χ1n) is 5.46. The number of thiophene rings is 1. The minimum absolute atomic E-state index is 0.272. The van der Waals surface area contributed by atoms with Crippen molar-refractivity contribution in [3.05, 3.63) is 51.2 Å². The van der Waals surface area contributed by atoms with Crippen LogP contribution < -0.4 is 4.74 Å². The summed E-state index contributed by atoms with van der Waals surface area (Å²) >= 11 is 5.58. The second-order valence-corrected chi connectivity index (χ2v) is 5.92. The summed E-state index contributed by atoms with van der Waals surface area (Å²) in [5, 5.41) is 2.14. The Hall–Kier alpha value is -0.800. The van der Waals surface area contributed by atoms with E-state index in [-0.39, 0.29) is 4.83 Å². The van der Waals surface area contributed by atoms with E-state index in [1.54, 1.807) is 18.4 Å². The average molecular weight is 311 g/mol. The number of methoxy groups -OCH3 is 1. The summed E-state index contributed by atoms with van der Waals surface area (Å²) in [7, 11) is 1.70. The second kappa shape index (κ2) is 5.23. The molecule has 0 amide bonds. The maximum Gasteiger partial charge on any atom is 0.119 e. The van der Waals surface area contributed by atoms with Gasteiger partial charge in [-0.05, 0) is 54.1 Å². The molecule has 3 heteroatoms. The van der Waals surface area contributed by atoms with Crippen molar-refractivity contribution < 1.29 is 4.74 Å². The molecule has 1 heterocycles. The molecule has 1 atom stereocenters. The van der Waals surface area contributed by atoms with Crippen LogP contribution in [0.2, 0.25) is 0 Å². The number of ether oxygens (including phenoxy) is 1. The van der Waals surface area contributed by atoms with Crippen LogP contribution in [0.5, 0.6) is 5.75 Å². The number of halogens is 1. The largest absolute Gasteiger partial charge is 0.497 e. The van der Waals surface area contributed by atoms with Crippen molar-refractivity contribution in [2.24, 2.45) is 0 Å². The molecule has 0 radical (unpaired) electrons. The third-order valence-corrected chi connectivity index (χ3v) is 5.22. The zero-order valence-corrected chi connectivity index (χ0v) is 12.6. The number of hydrogen-bond acceptors (Lipinski definition) is 2. The molecule has 0 bridgehead atoms. The Balaban J connectivity index is 2.38. The second-order valence-electron chi connectivity index (χ2n) is 4.05. The van der Waals surface area contributed by atoms with Gasteiger partial charge in [0.25, 0.3) is 0 Å². The summed E-state index contributed by atoms with van der Waals surface area (Å²) in [6, 6.07) is 8.38. The molecule has 0 N–H and O–H groups in total. The molecule has 0 fully saturated rings. The van der Waals surface area contributed by atoms with Gasteiger partial charge in [-0.15, -0.1) is 11.3 Å². The average Bonchev–Trinajstić information content (AvgIpc) is 2.74. The summed E-state index contributed by atoms with van der Waals surface area (Å²) in [4.78, 5) is 1.65. The third kappa shape index (κ3) is 2.55. The van der Waals surface area contributed by atoms with Crippen molar-refractivity contribution in [1.82, 2.24) is 0 Å². The van der Waals surface area contributed by atoms with E-state index in [4.69, 9.17) is 4.74 Å². The molecule has 90 valence electrons. The van der Waals surface area contributed by atoms with Crippen molar-refractivity contribution in [2.75, 3.05) is 7.11 Å². The molecule has 0 aliphatic carbocycles. The fourth-order valence-corrected chi connectivity index (χ4v) is 3.96. The molecule has 0 aliphatic rings. The molecule has 2 aromatic rings. The molecule has 1 unspecified atom stereocenters. The fraction of sp³-hybridized carbons (Fsp3) is 0.286. The van der Waals surface area contributed by atoms with E-state index in [0.717, 1.165) is 5.75 Å². The Kier molecular flexibility index (Phi) is 3.89. The van der Waals surface area contributed by atoms with Crippen LogP contribution in [-0.4, -0.2) is 7.11 Å². The van der Waals surface area contributed by atoms with Gasteiger partial charge in [0.05, 0.1) is 11.9 Å². The number of rotatable bonds is 3. The lowest BCUT2D eigenvalue weighted by atomic mass is 10.0. The molecule has 0 spiro atoms. The zero-order valence-electron chi connectivity index (χ0n) is 10.2. The van der Waals surface area contributed by atoms with Gasteiger partial charge >= 0.3 is 0 Å². The quantitative estimate of drug-likeness (QED) is 0.736. The van der Waals surface area contributed by atoms with E-state index >= 15 is 0 Å². The number of aryl methyl sites for hydroxylation is 2. The highest BCUT2D eigenvalue weighted by atomic mass is 79.9. The molecule has 0 saturated heterocycles. The molecule has 17 heavy (non-hydrogen) atoms. The molecular formula is C14H15BrOS. The highest BCUT2D eigenvalue weighted by molar-refractivity contribution is 9.09. The van der Waals surface area contributed by atoms with Crippen LogP contribution >= 0.6 is 27.3 Å². The van der Waals surface area contributed by atoms with Crippen molar-refractivity contribution in [2.45, 2.75) is 18.7 Å². The first kappa shape index (κ1) is 12.7. The van der Waals surface area contributed by atoms with Gasteiger partial charge in [-0.1, -0.05) is 22.0 Å². The smallest absolute Gasteiger partial charge is 0.119 e. The zero-order chi connectivity index (χ0) is 12.4. The minimum atomic E-state index is 0.272. The lowest BCUT2D eigenvalue weighted by molar-refractivity contribution is 0.414. The van der Waals surface area contributed by atoms with Crippen molar-refractivity contribution in [3.8, 4) is 5.75 Å². The van der Waals surface area contributed by atoms with E-state index in [9.17, 15) is 0 Å². The van der Waals surface area contributed by atoms with Crippen molar-refractivity contribution in [3.63, 3.8) is 0 Å². The topological polar surface area (TPSA) is 9.23 Å². The monoisotopic (exact) mass is 310 g/mol. The molecule has 2 rings (SSSR count). The van der Waals surface area contributed by atoms with Gasteiger partial charge in [0.1, 0.15) is 5.75 Å². The van der Waals surface area contributed by atoms with Gasteiger partial charge in [0, 0.05) is 4.88 Å². The summed E-state index contributed by atoms with van der Waals surface area (Å²) in [5.41, 5.74) is 3.89. The maximum absolute atomic E-state index is 5.23. The van der Waals surface area contributed by atoms with Crippen LogP contribution in [0.3, 0.4) is 0 Å². The Labute approximate surface area is 115 Å². The Bertz CT molecular complexity index is 519. The molecule has 1 aromatic heterocycles. The van der Waals surface area contributed by atoms with Crippen LogP contribution in [0.4, 0.5) is 0 Å². The number of benzene rings is 1. The lowest BCUT2D eigenvalue weighted by Crippen LogP contribution is -1.96. The van der Waals surface area contributed by atoms with E-state index in [0.29, 0.717) is 0 Å². The van der Waals surface area contributed by atoms with Crippen molar-refractivity contribution >= 4 is 27.3 Å². The van der Waals surface area contributed by atoms with E-state index in [1.165, 1.54) is 21.6 Å². The molecule has 1 nitrogen and oxygen atoms in total. The summed E-state index contributed by atoms with van der Waals surface area (Å²) < 4.78 is 5.23. The van der Waals surface area contributed by atoms with E-state index in [2.05, 4.69) is 53.4 Å².